The zero-order valence-electron chi connectivity index (χ0n) is 18.3. The van der Waals surface area contributed by atoms with Gasteiger partial charge in [-0.2, -0.15) is 0 Å². The van der Waals surface area contributed by atoms with Gasteiger partial charge in [0.15, 0.2) is 12.4 Å². The van der Waals surface area contributed by atoms with Gasteiger partial charge in [-0.1, -0.05) is 17.7 Å². The Balaban J connectivity index is 1.79. The Morgan fingerprint density at radius 3 is 2.53 bits per heavy atom. The highest BCUT2D eigenvalue weighted by atomic mass is 16.5. The minimum absolute atomic E-state index is 0.0180. The van der Waals surface area contributed by atoms with Crippen molar-refractivity contribution in [2.24, 2.45) is 0 Å². The molecule has 0 spiro atoms. The van der Waals surface area contributed by atoms with E-state index in [0.717, 1.165) is 5.56 Å². The molecule has 2 amide bonds. The Morgan fingerprint density at radius 1 is 1.12 bits per heavy atom. The molecule has 0 aromatic heterocycles. The van der Waals surface area contributed by atoms with Gasteiger partial charge in [-0.3, -0.25) is 24.1 Å². The first kappa shape index (κ1) is 23.0. The number of hydrogen-bond donors (Lipinski definition) is 1. The van der Waals surface area contributed by atoms with Gasteiger partial charge in [-0.05, 0) is 51.1 Å². The van der Waals surface area contributed by atoms with E-state index in [0.29, 0.717) is 22.7 Å². The third kappa shape index (κ3) is 5.32. The van der Waals surface area contributed by atoms with Crippen molar-refractivity contribution in [1.29, 1.82) is 0 Å². The molecule has 1 aliphatic rings. The minimum Gasteiger partial charge on any atom is -0.482 e. The van der Waals surface area contributed by atoms with Crippen molar-refractivity contribution in [2.45, 2.75) is 39.7 Å². The molecule has 0 radical (unpaired) electrons. The summed E-state index contributed by atoms with van der Waals surface area (Å²) in [6.45, 7) is 5.31. The summed E-state index contributed by atoms with van der Waals surface area (Å²) in [5.74, 6) is -1.06. The van der Waals surface area contributed by atoms with E-state index in [-0.39, 0.29) is 43.7 Å². The third-order valence-corrected chi connectivity index (χ3v) is 5.11. The molecule has 1 atom stereocenters. The van der Waals surface area contributed by atoms with Crippen LogP contribution in [-0.2, 0) is 19.1 Å². The minimum atomic E-state index is -0.837. The smallest absolute Gasteiger partial charge is 0.306 e. The maximum Gasteiger partial charge on any atom is 0.306 e. The van der Waals surface area contributed by atoms with Crippen molar-refractivity contribution in [3.63, 3.8) is 0 Å². The Bertz CT molecular complexity index is 1030. The van der Waals surface area contributed by atoms with Crippen molar-refractivity contribution in [3.8, 4) is 5.75 Å². The van der Waals surface area contributed by atoms with Crippen molar-refractivity contribution < 1.29 is 28.7 Å². The summed E-state index contributed by atoms with van der Waals surface area (Å²) in [7, 11) is 0. The first-order valence-electron chi connectivity index (χ1n) is 10.5. The highest BCUT2D eigenvalue weighted by Crippen LogP contribution is 2.35. The second kappa shape index (κ2) is 10.1. The Hall–Kier alpha value is -3.68. The van der Waals surface area contributed by atoms with Crippen molar-refractivity contribution in [2.75, 3.05) is 23.4 Å². The van der Waals surface area contributed by atoms with E-state index in [1.165, 1.54) is 11.0 Å². The number of carbonyl (C=O) groups excluding carboxylic acids is 4. The second-order valence-electron chi connectivity index (χ2n) is 7.49. The molecular weight excluding hydrogens is 412 g/mol. The average Bonchev–Trinajstić information content (AvgIpc) is 2.78. The second-order valence-corrected chi connectivity index (χ2v) is 7.49. The number of ether oxygens (including phenoxy) is 2. The zero-order chi connectivity index (χ0) is 23.3. The number of Topliss-reactive ketones (excluding diaryl/α,β-unsaturated/α-hetero) is 1. The van der Waals surface area contributed by atoms with Crippen molar-refractivity contribution in [3.05, 3.63) is 53.6 Å². The number of hydrogen-bond acceptors (Lipinski definition) is 6. The molecule has 3 rings (SSSR count). The van der Waals surface area contributed by atoms with E-state index in [1.807, 2.05) is 19.1 Å². The van der Waals surface area contributed by atoms with Gasteiger partial charge in [0, 0.05) is 17.7 Å². The van der Waals surface area contributed by atoms with Gasteiger partial charge >= 0.3 is 5.97 Å². The van der Waals surface area contributed by atoms with Gasteiger partial charge in [0.2, 0.25) is 5.91 Å². The molecule has 8 nitrogen and oxygen atoms in total. The lowest BCUT2D eigenvalue weighted by atomic mass is 10.0. The predicted molar refractivity (Wildman–Crippen MR) is 119 cm³/mol. The normalized spacial score (nSPS) is 13.6. The highest BCUT2D eigenvalue weighted by molar-refractivity contribution is 6.08. The highest BCUT2D eigenvalue weighted by Gasteiger charge is 2.33. The van der Waals surface area contributed by atoms with Crippen LogP contribution in [-0.4, -0.2) is 42.8 Å². The van der Waals surface area contributed by atoms with Crippen LogP contribution in [0, 0.1) is 6.92 Å². The van der Waals surface area contributed by atoms with Crippen LogP contribution in [0.4, 0.5) is 11.4 Å². The van der Waals surface area contributed by atoms with Crippen molar-refractivity contribution >= 4 is 34.9 Å². The summed E-state index contributed by atoms with van der Waals surface area (Å²) in [5.41, 5.74) is 2.35. The van der Waals surface area contributed by atoms with Crippen LogP contribution in [0.1, 0.15) is 42.6 Å². The standard InChI is InChI=1S/C24H26N2O6/c1-4-31-23(29)12-10-20(27)17-7-11-21-19(13-17)26(22(28)14-32-21)16(3)24(30)25-18-8-5-15(2)6-9-18/h5-9,11,13,16H,4,10,12,14H2,1-3H3,(H,25,30). The molecule has 0 bridgehead atoms. The Labute approximate surface area is 186 Å². The van der Waals surface area contributed by atoms with Gasteiger partial charge < -0.3 is 14.8 Å². The number of ketones is 1. The summed E-state index contributed by atoms with van der Waals surface area (Å²) in [4.78, 5) is 50.9. The molecule has 0 saturated carbocycles. The van der Waals surface area contributed by atoms with E-state index in [9.17, 15) is 19.2 Å². The average molecular weight is 438 g/mol. The lowest BCUT2D eigenvalue weighted by Gasteiger charge is -2.33. The molecule has 2 aromatic carbocycles. The topological polar surface area (TPSA) is 102 Å². The number of aryl methyl sites for hydroxylation is 1. The maximum absolute atomic E-state index is 12.8. The molecular formula is C24H26N2O6. The van der Waals surface area contributed by atoms with E-state index in [1.54, 1.807) is 38.1 Å². The predicted octanol–water partition coefficient (Wildman–Crippen LogP) is 3.27. The SMILES string of the molecule is CCOC(=O)CCC(=O)c1ccc2c(c1)N(C(C)C(=O)Nc1ccc(C)cc1)C(=O)CO2. The summed E-state index contributed by atoms with van der Waals surface area (Å²) >= 11 is 0. The van der Waals surface area contributed by atoms with E-state index in [2.05, 4.69) is 5.32 Å². The van der Waals surface area contributed by atoms with Crippen LogP contribution >= 0.6 is 0 Å². The number of amides is 2. The lowest BCUT2D eigenvalue weighted by Crippen LogP contribution is -2.49. The number of nitrogens with one attached hydrogen (secondary N) is 1. The quantitative estimate of drug-likeness (QED) is 0.501. The van der Waals surface area contributed by atoms with Crippen LogP contribution in [0.15, 0.2) is 42.5 Å². The van der Waals surface area contributed by atoms with Crippen LogP contribution < -0.4 is 15.0 Å². The van der Waals surface area contributed by atoms with Crippen molar-refractivity contribution in [1.82, 2.24) is 0 Å². The number of fused-ring (bicyclic) bond motifs is 1. The number of rotatable bonds is 8. The van der Waals surface area contributed by atoms with Crippen LogP contribution in [0.2, 0.25) is 0 Å². The molecule has 2 aromatic rings. The molecule has 0 aliphatic carbocycles. The summed E-state index contributed by atoms with van der Waals surface area (Å²) in [6, 6.07) is 11.2. The molecule has 8 heteroatoms. The molecule has 1 heterocycles. The molecule has 1 unspecified atom stereocenters. The fourth-order valence-electron chi connectivity index (χ4n) is 3.36. The molecule has 1 aliphatic heterocycles. The monoisotopic (exact) mass is 438 g/mol. The molecule has 1 N–H and O–H groups in total. The first-order chi connectivity index (χ1) is 15.3. The van der Waals surface area contributed by atoms with Gasteiger partial charge in [0.05, 0.1) is 18.7 Å². The third-order valence-electron chi connectivity index (χ3n) is 5.11. The number of carbonyl (C=O) groups is 4. The van der Waals surface area contributed by atoms with Crippen LogP contribution in [0.5, 0.6) is 5.75 Å². The summed E-state index contributed by atoms with van der Waals surface area (Å²) in [6.07, 6.45) is -0.0475. The van der Waals surface area contributed by atoms with E-state index < -0.39 is 12.0 Å². The largest absolute Gasteiger partial charge is 0.482 e. The first-order valence-corrected chi connectivity index (χ1v) is 10.5. The van der Waals surface area contributed by atoms with Gasteiger partial charge in [-0.15, -0.1) is 0 Å². The number of esters is 1. The summed E-state index contributed by atoms with van der Waals surface area (Å²) < 4.78 is 10.3. The van der Waals surface area contributed by atoms with Crippen LogP contribution in [0.25, 0.3) is 0 Å². The molecule has 0 saturated heterocycles. The molecule has 32 heavy (non-hydrogen) atoms. The molecule has 168 valence electrons. The fourth-order valence-corrected chi connectivity index (χ4v) is 3.36. The van der Waals surface area contributed by atoms with E-state index >= 15 is 0 Å². The Morgan fingerprint density at radius 2 is 1.84 bits per heavy atom. The number of nitrogens with zero attached hydrogens (tertiary/aromatic N) is 1. The fraction of sp³-hybridized carbons (Fsp3) is 0.333. The van der Waals surface area contributed by atoms with E-state index in [4.69, 9.17) is 9.47 Å². The van der Waals surface area contributed by atoms with Gasteiger partial charge in [0.25, 0.3) is 5.91 Å². The lowest BCUT2D eigenvalue weighted by molar-refractivity contribution is -0.143. The van der Waals surface area contributed by atoms with Gasteiger partial charge in [0.1, 0.15) is 11.8 Å². The maximum atomic E-state index is 12.8. The van der Waals surface area contributed by atoms with Crippen LogP contribution in [0.3, 0.4) is 0 Å². The summed E-state index contributed by atoms with van der Waals surface area (Å²) in [5, 5.41) is 2.81. The number of benzene rings is 2. The zero-order valence-corrected chi connectivity index (χ0v) is 18.3. The molecule has 0 fully saturated rings. The number of anilines is 2. The Kier molecular flexibility index (Phi) is 7.25. The van der Waals surface area contributed by atoms with Gasteiger partial charge in [-0.25, -0.2) is 0 Å².